The molecule has 0 aromatic carbocycles. The number of unbranched alkanes of at least 4 members (excludes halogenated alkanes) is 6. The molecule has 0 aromatic rings. The molecule has 140 valence electrons. The molecule has 2 unspecified atom stereocenters. The fourth-order valence-corrected chi connectivity index (χ4v) is 2.79. The van der Waals surface area contributed by atoms with Crippen molar-refractivity contribution in [3.8, 4) is 0 Å². The second-order valence-corrected chi connectivity index (χ2v) is 6.94. The minimum absolute atomic E-state index is 0.119. The van der Waals surface area contributed by atoms with Crippen LogP contribution in [0.2, 0.25) is 0 Å². The molecule has 24 heavy (non-hydrogen) atoms. The van der Waals surface area contributed by atoms with Gasteiger partial charge in [-0.05, 0) is 20.3 Å². The summed E-state index contributed by atoms with van der Waals surface area (Å²) in [5.74, 6) is -0.779. The maximum absolute atomic E-state index is 11.7. The number of hydrogen-bond acceptors (Lipinski definition) is 5. The first-order valence-corrected chi connectivity index (χ1v) is 9.42. The lowest BCUT2D eigenvalue weighted by atomic mass is 10.1. The summed E-state index contributed by atoms with van der Waals surface area (Å²) in [4.78, 5) is 22.8. The van der Waals surface area contributed by atoms with E-state index in [2.05, 4.69) is 6.92 Å². The number of ether oxygens (including phenoxy) is 3. The summed E-state index contributed by atoms with van der Waals surface area (Å²) in [6, 6.07) is 0. The van der Waals surface area contributed by atoms with E-state index in [-0.39, 0.29) is 24.5 Å². The average Bonchev–Trinajstić information content (AvgIpc) is 2.92. The Kier molecular flexibility index (Phi) is 10.2. The third kappa shape index (κ3) is 9.38. The van der Waals surface area contributed by atoms with Crippen LogP contribution in [-0.4, -0.2) is 36.9 Å². The van der Waals surface area contributed by atoms with Crippen LogP contribution in [0.4, 0.5) is 0 Å². The van der Waals surface area contributed by atoms with E-state index in [1.165, 1.54) is 32.1 Å². The molecule has 5 nitrogen and oxygen atoms in total. The third-order valence-electron chi connectivity index (χ3n) is 4.34. The lowest BCUT2D eigenvalue weighted by molar-refractivity contribution is -0.170. The highest BCUT2D eigenvalue weighted by atomic mass is 16.7. The van der Waals surface area contributed by atoms with E-state index in [9.17, 15) is 9.59 Å². The Labute approximate surface area is 146 Å². The number of carbonyl (C=O) groups is 2. The van der Waals surface area contributed by atoms with Gasteiger partial charge < -0.3 is 19.0 Å². The predicted molar refractivity (Wildman–Crippen MR) is 92.7 cm³/mol. The Hall–Kier alpha value is -0.940. The summed E-state index contributed by atoms with van der Waals surface area (Å²) in [5.41, 5.74) is 0. The minimum Gasteiger partial charge on any atom is -0.463 e. The maximum atomic E-state index is 11.7. The summed E-state index contributed by atoms with van der Waals surface area (Å²) < 4.78 is 16.7. The zero-order valence-corrected chi connectivity index (χ0v) is 15.6. The van der Waals surface area contributed by atoms with E-state index in [4.69, 9.17) is 14.2 Å². The molecular formula is C19H34O5. The van der Waals surface area contributed by atoms with Gasteiger partial charge in [-0.3, -0.25) is 4.79 Å². The van der Waals surface area contributed by atoms with E-state index in [1.54, 1.807) is 6.92 Å². The summed E-state index contributed by atoms with van der Waals surface area (Å²) in [5, 5.41) is 0. The molecule has 0 N–H and O–H groups in total. The average molecular weight is 342 g/mol. The van der Waals surface area contributed by atoms with Crippen LogP contribution in [0.5, 0.6) is 0 Å². The molecule has 5 heteroatoms. The van der Waals surface area contributed by atoms with Gasteiger partial charge in [-0.1, -0.05) is 45.4 Å². The van der Waals surface area contributed by atoms with Gasteiger partial charge in [0.25, 0.3) is 0 Å². The quantitative estimate of drug-likeness (QED) is 0.371. The standard InChI is InChI=1S/C19H34O5/c1-4-5-6-7-8-9-10-11-18(21)22-14-17-15-23-19(3,24-17)13-12-16(2)20/h17H,4-15H2,1-3H3. The molecule has 1 heterocycles. The van der Waals surface area contributed by atoms with Crippen molar-refractivity contribution in [3.63, 3.8) is 0 Å². The summed E-state index contributed by atoms with van der Waals surface area (Å²) in [6.07, 6.45) is 9.49. The molecule has 0 saturated carbocycles. The largest absolute Gasteiger partial charge is 0.463 e. The van der Waals surface area contributed by atoms with Gasteiger partial charge in [0, 0.05) is 19.3 Å². The van der Waals surface area contributed by atoms with Crippen molar-refractivity contribution in [2.45, 2.75) is 96.9 Å². The van der Waals surface area contributed by atoms with Crippen molar-refractivity contribution in [1.29, 1.82) is 0 Å². The third-order valence-corrected chi connectivity index (χ3v) is 4.34. The number of hydrogen-bond donors (Lipinski definition) is 0. The molecule has 0 amide bonds. The highest BCUT2D eigenvalue weighted by molar-refractivity contribution is 5.75. The van der Waals surface area contributed by atoms with Crippen LogP contribution in [0, 0.1) is 0 Å². The van der Waals surface area contributed by atoms with Gasteiger partial charge in [0.15, 0.2) is 5.79 Å². The Morgan fingerprint density at radius 1 is 1.08 bits per heavy atom. The molecule has 0 spiro atoms. The minimum atomic E-state index is -0.735. The van der Waals surface area contributed by atoms with Gasteiger partial charge in [-0.2, -0.15) is 0 Å². The van der Waals surface area contributed by atoms with Crippen LogP contribution in [0.15, 0.2) is 0 Å². The fraction of sp³-hybridized carbons (Fsp3) is 0.895. The van der Waals surface area contributed by atoms with Crippen molar-refractivity contribution in [2.24, 2.45) is 0 Å². The van der Waals surface area contributed by atoms with E-state index in [0.717, 1.165) is 12.8 Å². The van der Waals surface area contributed by atoms with Crippen LogP contribution in [0.25, 0.3) is 0 Å². The number of ketones is 1. The van der Waals surface area contributed by atoms with Gasteiger partial charge in [-0.15, -0.1) is 0 Å². The van der Waals surface area contributed by atoms with E-state index in [0.29, 0.717) is 25.9 Å². The Bertz CT molecular complexity index is 382. The topological polar surface area (TPSA) is 61.8 Å². The normalized spacial score (nSPS) is 23.4. The smallest absolute Gasteiger partial charge is 0.305 e. The van der Waals surface area contributed by atoms with Crippen LogP contribution in [-0.2, 0) is 23.8 Å². The second-order valence-electron chi connectivity index (χ2n) is 6.94. The fourth-order valence-electron chi connectivity index (χ4n) is 2.79. The molecule has 1 aliphatic heterocycles. The summed E-state index contributed by atoms with van der Waals surface area (Å²) >= 11 is 0. The molecule has 0 aliphatic carbocycles. The lowest BCUT2D eigenvalue weighted by Gasteiger charge is -2.22. The summed E-state index contributed by atoms with van der Waals surface area (Å²) in [7, 11) is 0. The van der Waals surface area contributed by atoms with E-state index < -0.39 is 5.79 Å². The predicted octanol–water partition coefficient (Wildman–Crippen LogP) is 4.17. The lowest BCUT2D eigenvalue weighted by Crippen LogP contribution is -2.29. The molecular weight excluding hydrogens is 308 g/mol. The zero-order valence-electron chi connectivity index (χ0n) is 15.6. The Morgan fingerprint density at radius 2 is 1.75 bits per heavy atom. The van der Waals surface area contributed by atoms with Crippen molar-refractivity contribution in [2.75, 3.05) is 13.2 Å². The van der Waals surface area contributed by atoms with Crippen LogP contribution in [0.3, 0.4) is 0 Å². The summed E-state index contributed by atoms with van der Waals surface area (Å²) in [6.45, 7) is 6.23. The van der Waals surface area contributed by atoms with Crippen molar-refractivity contribution < 1.29 is 23.8 Å². The van der Waals surface area contributed by atoms with Crippen molar-refractivity contribution in [1.82, 2.24) is 0 Å². The zero-order chi connectivity index (χ0) is 17.8. The van der Waals surface area contributed by atoms with Crippen LogP contribution >= 0.6 is 0 Å². The molecule has 1 saturated heterocycles. The highest BCUT2D eigenvalue weighted by Gasteiger charge is 2.37. The molecule has 2 atom stereocenters. The molecule has 1 rings (SSSR count). The second kappa shape index (κ2) is 11.6. The van der Waals surface area contributed by atoms with Crippen LogP contribution in [0.1, 0.15) is 85.0 Å². The van der Waals surface area contributed by atoms with Crippen LogP contribution < -0.4 is 0 Å². The number of Topliss-reactive ketones (excluding diaryl/α,β-unsaturated/α-hetero) is 1. The monoisotopic (exact) mass is 342 g/mol. The Balaban J connectivity index is 2.05. The first-order chi connectivity index (χ1) is 11.4. The van der Waals surface area contributed by atoms with E-state index in [1.807, 2.05) is 6.92 Å². The van der Waals surface area contributed by atoms with E-state index >= 15 is 0 Å². The maximum Gasteiger partial charge on any atom is 0.305 e. The molecule has 1 fully saturated rings. The molecule has 1 aliphatic rings. The number of carbonyl (C=O) groups excluding carboxylic acids is 2. The molecule has 0 aromatic heterocycles. The Morgan fingerprint density at radius 3 is 2.42 bits per heavy atom. The van der Waals surface area contributed by atoms with Gasteiger partial charge >= 0.3 is 5.97 Å². The first-order valence-electron chi connectivity index (χ1n) is 9.42. The number of esters is 1. The molecule has 0 bridgehead atoms. The first kappa shape index (κ1) is 21.1. The number of rotatable bonds is 13. The van der Waals surface area contributed by atoms with Gasteiger partial charge in [0.1, 0.15) is 18.5 Å². The van der Waals surface area contributed by atoms with Crippen molar-refractivity contribution >= 4 is 11.8 Å². The highest BCUT2D eigenvalue weighted by Crippen LogP contribution is 2.28. The van der Waals surface area contributed by atoms with Crippen molar-refractivity contribution in [3.05, 3.63) is 0 Å². The van der Waals surface area contributed by atoms with Gasteiger partial charge in [0.05, 0.1) is 6.61 Å². The molecule has 0 radical (unpaired) electrons. The van der Waals surface area contributed by atoms with Gasteiger partial charge in [-0.25, -0.2) is 0 Å². The SMILES string of the molecule is CCCCCCCCCC(=O)OCC1COC(C)(CCC(C)=O)O1. The van der Waals surface area contributed by atoms with Gasteiger partial charge in [0.2, 0.25) is 0 Å².